The van der Waals surface area contributed by atoms with Gasteiger partial charge in [-0.1, -0.05) is 26.7 Å². The van der Waals surface area contributed by atoms with Crippen LogP contribution >= 0.6 is 0 Å². The third kappa shape index (κ3) is 9.09. The zero-order valence-corrected chi connectivity index (χ0v) is 21.5. The lowest BCUT2D eigenvalue weighted by molar-refractivity contribution is -0.145. The highest BCUT2D eigenvalue weighted by molar-refractivity contribution is 6.01. The van der Waals surface area contributed by atoms with Crippen LogP contribution in [0.4, 0.5) is 9.59 Å². The number of ether oxygens (including phenoxy) is 2. The molecule has 11 heteroatoms. The van der Waals surface area contributed by atoms with E-state index in [2.05, 4.69) is 15.6 Å². The van der Waals surface area contributed by atoms with Gasteiger partial charge in [-0.05, 0) is 53.9 Å². The van der Waals surface area contributed by atoms with E-state index in [0.29, 0.717) is 0 Å². The van der Waals surface area contributed by atoms with Gasteiger partial charge >= 0.3 is 18.2 Å². The zero-order valence-electron chi connectivity index (χ0n) is 21.5. The van der Waals surface area contributed by atoms with Crippen molar-refractivity contribution >= 4 is 24.1 Å². The van der Waals surface area contributed by atoms with Crippen molar-refractivity contribution in [3.8, 4) is 0 Å². The van der Waals surface area contributed by atoms with Crippen LogP contribution in [-0.4, -0.2) is 63.7 Å². The van der Waals surface area contributed by atoms with Gasteiger partial charge in [0.25, 0.3) is 0 Å². The number of guanidine groups is 1. The topological polar surface area (TPSA) is 173 Å². The Balaban J connectivity index is 3.34. The summed E-state index contributed by atoms with van der Waals surface area (Å²) in [4.78, 5) is 41.0. The minimum Gasteiger partial charge on any atom is -0.481 e. The Labute approximate surface area is 201 Å². The Morgan fingerprint density at radius 2 is 1.44 bits per heavy atom. The summed E-state index contributed by atoms with van der Waals surface area (Å²) < 4.78 is 10.5. The minimum atomic E-state index is -1.23. The van der Waals surface area contributed by atoms with Gasteiger partial charge in [0.15, 0.2) is 0 Å². The van der Waals surface area contributed by atoms with Crippen LogP contribution in [0.1, 0.15) is 74.7 Å². The van der Waals surface area contributed by atoms with Gasteiger partial charge in [0.1, 0.15) is 11.2 Å². The van der Waals surface area contributed by atoms with E-state index < -0.39 is 59.4 Å². The van der Waals surface area contributed by atoms with E-state index in [1.807, 2.05) is 13.8 Å². The first-order valence-electron chi connectivity index (χ1n) is 11.7. The van der Waals surface area contributed by atoms with Crippen LogP contribution < -0.4 is 16.4 Å². The number of aliphatic hydroxyl groups excluding tert-OH is 1. The number of nitrogens with one attached hydrogen (secondary N) is 2. The molecule has 1 rings (SSSR count). The van der Waals surface area contributed by atoms with E-state index in [1.54, 1.807) is 41.5 Å². The van der Waals surface area contributed by atoms with Crippen molar-refractivity contribution in [2.75, 3.05) is 0 Å². The molecule has 11 nitrogen and oxygen atoms in total. The Hall–Kier alpha value is -2.40. The number of carbonyl (C=O) groups excluding carboxylic acids is 2. The molecule has 1 unspecified atom stereocenters. The van der Waals surface area contributed by atoms with Crippen molar-refractivity contribution in [2.24, 2.45) is 28.5 Å². The molecule has 34 heavy (non-hydrogen) atoms. The number of aliphatic carboxylic acids is 1. The number of rotatable bonds is 6. The van der Waals surface area contributed by atoms with Crippen molar-refractivity contribution in [2.45, 2.75) is 104 Å². The first-order valence-corrected chi connectivity index (χ1v) is 11.7. The summed E-state index contributed by atoms with van der Waals surface area (Å²) in [6.45, 7) is 14.0. The van der Waals surface area contributed by atoms with Crippen LogP contribution in [0, 0.1) is 17.8 Å². The second-order valence-corrected chi connectivity index (χ2v) is 10.7. The second kappa shape index (κ2) is 11.8. The van der Waals surface area contributed by atoms with Crippen molar-refractivity contribution < 1.29 is 34.1 Å². The molecule has 0 saturated heterocycles. The largest absolute Gasteiger partial charge is 0.481 e. The lowest BCUT2D eigenvalue weighted by atomic mass is 9.81. The molecular formula is C23H42N4O7. The molecule has 0 radical (unpaired) electrons. The van der Waals surface area contributed by atoms with Crippen molar-refractivity contribution in [1.29, 1.82) is 0 Å². The molecule has 6 N–H and O–H groups in total. The number of nitrogens with zero attached hydrogens (tertiary/aromatic N) is 1. The first kappa shape index (κ1) is 29.6. The predicted molar refractivity (Wildman–Crippen MR) is 127 cm³/mol. The van der Waals surface area contributed by atoms with Crippen LogP contribution in [0.2, 0.25) is 0 Å². The van der Waals surface area contributed by atoms with Gasteiger partial charge in [-0.3, -0.25) is 15.4 Å². The van der Waals surface area contributed by atoms with Gasteiger partial charge in [0.2, 0.25) is 5.96 Å². The van der Waals surface area contributed by atoms with Gasteiger partial charge in [-0.15, -0.1) is 0 Å². The number of nitrogens with two attached hydrogens (primary N) is 1. The van der Waals surface area contributed by atoms with Crippen molar-refractivity contribution in [3.63, 3.8) is 0 Å². The highest BCUT2D eigenvalue weighted by atomic mass is 16.6. The quantitative estimate of drug-likeness (QED) is 0.281. The molecule has 196 valence electrons. The molecule has 0 aliphatic heterocycles. The minimum absolute atomic E-state index is 0.00941. The maximum atomic E-state index is 12.4. The predicted octanol–water partition coefficient (Wildman–Crippen LogP) is 2.61. The third-order valence-corrected chi connectivity index (χ3v) is 5.63. The van der Waals surface area contributed by atoms with Crippen LogP contribution in [0.3, 0.4) is 0 Å². The normalized spacial score (nSPS) is 23.7. The molecule has 0 aromatic heterocycles. The summed E-state index contributed by atoms with van der Waals surface area (Å²) in [5.74, 6) is -3.17. The molecule has 0 spiro atoms. The maximum absolute atomic E-state index is 12.4. The lowest BCUT2D eigenvalue weighted by Crippen LogP contribution is -2.49. The van der Waals surface area contributed by atoms with E-state index >= 15 is 0 Å². The fraction of sp³-hybridized carbons (Fsp3) is 0.826. The Bertz CT molecular complexity index is 721. The average molecular weight is 487 g/mol. The molecule has 1 fully saturated rings. The summed E-state index contributed by atoms with van der Waals surface area (Å²) in [6.07, 6.45) is -1.48. The van der Waals surface area contributed by atoms with E-state index in [0.717, 1.165) is 12.8 Å². The molecule has 0 aromatic rings. The summed E-state index contributed by atoms with van der Waals surface area (Å²) in [6, 6.07) is -1.31. The number of alkyl carbamates (subject to hydrolysis) is 2. The lowest BCUT2D eigenvalue weighted by Gasteiger charge is -2.32. The van der Waals surface area contributed by atoms with Crippen LogP contribution in [0.5, 0.6) is 0 Å². The Morgan fingerprint density at radius 3 is 1.79 bits per heavy atom. The van der Waals surface area contributed by atoms with E-state index in [1.165, 1.54) is 0 Å². The number of amides is 2. The fourth-order valence-electron chi connectivity index (χ4n) is 4.13. The van der Waals surface area contributed by atoms with Crippen LogP contribution in [0.25, 0.3) is 0 Å². The number of carboxylic acid groups (broad SMARTS) is 1. The SMILES string of the molecule is CCC(CC)C(N)[C@@H]1[C@H](O)[C@@H](C(=O)O)C[C@H]1N=C(NC(=O)OC(C)(C)C)NC(=O)OC(C)(C)C. The Morgan fingerprint density at radius 1 is 1.00 bits per heavy atom. The number of hydrogen-bond donors (Lipinski definition) is 5. The van der Waals surface area contributed by atoms with Gasteiger partial charge in [0, 0.05) is 12.0 Å². The van der Waals surface area contributed by atoms with Gasteiger partial charge < -0.3 is 25.4 Å². The number of carboxylic acids is 1. The molecule has 1 aliphatic rings. The van der Waals surface area contributed by atoms with E-state index in [-0.39, 0.29) is 18.3 Å². The highest BCUT2D eigenvalue weighted by Crippen LogP contribution is 2.38. The third-order valence-electron chi connectivity index (χ3n) is 5.63. The van der Waals surface area contributed by atoms with Crippen molar-refractivity contribution in [3.05, 3.63) is 0 Å². The Kier molecular flexibility index (Phi) is 10.3. The number of carbonyl (C=O) groups is 3. The summed E-state index contributed by atoms with van der Waals surface area (Å²) >= 11 is 0. The number of aliphatic hydroxyl groups is 1. The average Bonchev–Trinajstić information content (AvgIpc) is 2.95. The number of hydrogen-bond acceptors (Lipinski definition) is 8. The van der Waals surface area contributed by atoms with Gasteiger partial charge in [0.05, 0.1) is 18.1 Å². The molecule has 0 bridgehead atoms. The zero-order chi connectivity index (χ0) is 26.4. The van der Waals surface area contributed by atoms with Gasteiger partial charge in [-0.2, -0.15) is 0 Å². The molecule has 2 amide bonds. The molecule has 1 saturated carbocycles. The summed E-state index contributed by atoms with van der Waals surface area (Å²) in [5, 5.41) is 25.2. The monoisotopic (exact) mass is 486 g/mol. The second-order valence-electron chi connectivity index (χ2n) is 10.7. The summed E-state index contributed by atoms with van der Waals surface area (Å²) in [5.41, 5.74) is 4.87. The van der Waals surface area contributed by atoms with E-state index in [4.69, 9.17) is 15.2 Å². The molecular weight excluding hydrogens is 444 g/mol. The smallest absolute Gasteiger partial charge is 0.414 e. The molecule has 5 atom stereocenters. The maximum Gasteiger partial charge on any atom is 0.414 e. The van der Waals surface area contributed by atoms with Gasteiger partial charge in [-0.25, -0.2) is 14.6 Å². The number of aliphatic imine (C=N–C) groups is 1. The summed E-state index contributed by atoms with van der Waals surface area (Å²) in [7, 11) is 0. The first-order chi connectivity index (χ1) is 15.5. The van der Waals surface area contributed by atoms with Crippen LogP contribution in [-0.2, 0) is 14.3 Å². The highest BCUT2D eigenvalue weighted by Gasteiger charge is 2.49. The fourth-order valence-corrected chi connectivity index (χ4v) is 4.13. The van der Waals surface area contributed by atoms with E-state index in [9.17, 15) is 24.6 Å². The molecule has 0 heterocycles. The molecule has 1 aliphatic carbocycles. The van der Waals surface area contributed by atoms with Crippen molar-refractivity contribution in [1.82, 2.24) is 10.6 Å². The standard InChI is InChI=1S/C23H42N4O7/c1-9-12(10-2)16(24)15-14(11-13(17(15)28)18(29)30)25-19(26-20(31)33-22(3,4)5)27-21(32)34-23(6,7)8/h12-17,28H,9-11,24H2,1-8H3,(H,29,30)(H2,25,26,27,31,32)/t13-,14+,15+,16?,17+/m0/s1. The molecule has 0 aromatic carbocycles. The van der Waals surface area contributed by atoms with Crippen LogP contribution in [0.15, 0.2) is 4.99 Å².